The molecule has 0 aliphatic rings. The quantitative estimate of drug-likeness (QED) is 0.692. The van der Waals surface area contributed by atoms with Crippen molar-refractivity contribution in [3.8, 4) is 6.07 Å². The molecule has 0 bridgehead atoms. The van der Waals surface area contributed by atoms with Gasteiger partial charge in [-0.05, 0) is 55.4 Å². The summed E-state index contributed by atoms with van der Waals surface area (Å²) < 4.78 is 2.83. The van der Waals surface area contributed by atoms with Crippen LogP contribution in [0.4, 0.5) is 0 Å². The van der Waals surface area contributed by atoms with Crippen molar-refractivity contribution in [3.63, 3.8) is 0 Å². The van der Waals surface area contributed by atoms with Crippen molar-refractivity contribution in [3.05, 3.63) is 0 Å². The van der Waals surface area contributed by atoms with Gasteiger partial charge in [0.1, 0.15) is 0 Å². The van der Waals surface area contributed by atoms with Gasteiger partial charge >= 0.3 is 8.45 Å². The summed E-state index contributed by atoms with van der Waals surface area (Å²) in [7, 11) is -1.34. The van der Waals surface area contributed by atoms with Crippen LogP contribution in [-0.4, -0.2) is 44.5 Å². The monoisotopic (exact) mass is 302 g/mol. The molecule has 1 unspecified atom stereocenters. The molecule has 0 aliphatic heterocycles. The van der Waals surface area contributed by atoms with Crippen LogP contribution >= 0.6 is 8.45 Å². The number of hydrogen-bond acceptors (Lipinski definition) is 3. The van der Waals surface area contributed by atoms with E-state index in [1.807, 2.05) is 0 Å². The van der Waals surface area contributed by atoms with Gasteiger partial charge in [-0.3, -0.25) is 4.25 Å². The molecule has 0 spiro atoms. The zero-order chi connectivity index (χ0) is 16.1. The van der Waals surface area contributed by atoms with Crippen LogP contribution in [0.1, 0.15) is 61.8 Å². The van der Waals surface area contributed by atoms with Gasteiger partial charge in [0.25, 0.3) is 0 Å². The van der Waals surface area contributed by atoms with Crippen molar-refractivity contribution in [2.75, 3.05) is 6.54 Å². The van der Waals surface area contributed by atoms with E-state index in [0.717, 1.165) is 0 Å². The fraction of sp³-hybridized carbons (Fsp3) is 0.933. The van der Waals surface area contributed by atoms with E-state index in [0.29, 0.717) is 41.4 Å². The van der Waals surface area contributed by atoms with Gasteiger partial charge in [0, 0.05) is 12.1 Å². The molecule has 0 saturated carbocycles. The fourth-order valence-corrected chi connectivity index (χ4v) is 5.36. The average molecular weight is 302 g/mol. The Bertz CT molecular complexity index is 308. The predicted octanol–water partition coefficient (Wildman–Crippen LogP) is 3.87. The van der Waals surface area contributed by atoms with Crippen molar-refractivity contribution in [1.29, 1.82) is 5.26 Å². The van der Waals surface area contributed by atoms with Gasteiger partial charge < -0.3 is 4.89 Å². The summed E-state index contributed by atoms with van der Waals surface area (Å²) in [5, 5.41) is 8.98. The fourth-order valence-electron chi connectivity index (χ4n) is 3.05. The molecule has 0 aromatic heterocycles. The van der Waals surface area contributed by atoms with E-state index in [1.165, 1.54) is 0 Å². The molecule has 0 fully saturated rings. The first kappa shape index (κ1) is 19.8. The Hall–Kier alpha value is -0.200. The molecular formula is C15H33N3OP+. The summed E-state index contributed by atoms with van der Waals surface area (Å²) in [4.78, 5) is 11.2. The van der Waals surface area contributed by atoms with E-state index in [2.05, 4.69) is 66.1 Å². The lowest BCUT2D eigenvalue weighted by Crippen LogP contribution is -2.57. The van der Waals surface area contributed by atoms with Gasteiger partial charge in [-0.15, -0.1) is 0 Å². The van der Waals surface area contributed by atoms with Gasteiger partial charge in [0.2, 0.25) is 0 Å². The van der Waals surface area contributed by atoms with Gasteiger partial charge in [-0.2, -0.15) is 5.26 Å². The molecular weight excluding hydrogens is 269 g/mol. The summed E-state index contributed by atoms with van der Waals surface area (Å²) in [5.41, 5.74) is 0. The predicted molar refractivity (Wildman–Crippen MR) is 86.9 cm³/mol. The van der Waals surface area contributed by atoms with Crippen LogP contribution in [0, 0.1) is 11.3 Å². The van der Waals surface area contributed by atoms with Crippen LogP contribution in [-0.2, 0) is 0 Å². The molecule has 0 radical (unpaired) electrons. The standard InChI is InChI=1S/C15H33N3OP/c1-12(2)17(13(3)4)20(19)18(14(5)6,15(7)8)11-9-10-16/h12-15,19H,9,11H2,1-8H3/q+1. The van der Waals surface area contributed by atoms with Crippen LogP contribution in [0.25, 0.3) is 0 Å². The first-order valence-electron chi connectivity index (χ1n) is 7.64. The SMILES string of the molecule is CC(C)N(C(C)C)P(O)[N+](CCC#N)(C(C)C)C(C)C. The Balaban J connectivity index is 5.65. The van der Waals surface area contributed by atoms with Crippen LogP contribution in [0.2, 0.25) is 0 Å². The molecule has 0 amide bonds. The Morgan fingerprint density at radius 2 is 1.40 bits per heavy atom. The second-order valence-corrected chi connectivity index (χ2v) is 8.28. The molecule has 1 atom stereocenters. The highest BCUT2D eigenvalue weighted by molar-refractivity contribution is 7.42. The van der Waals surface area contributed by atoms with E-state index in [1.54, 1.807) is 0 Å². The number of quaternary nitrogens is 1. The maximum atomic E-state index is 11.2. The van der Waals surface area contributed by atoms with Crippen LogP contribution in [0.15, 0.2) is 0 Å². The summed E-state index contributed by atoms with van der Waals surface area (Å²) in [5.74, 6) is 0. The van der Waals surface area contributed by atoms with Crippen molar-refractivity contribution < 1.29 is 9.15 Å². The zero-order valence-electron chi connectivity index (χ0n) is 14.5. The Kier molecular flexibility index (Phi) is 8.21. The summed E-state index contributed by atoms with van der Waals surface area (Å²) >= 11 is 0. The number of nitriles is 1. The minimum absolute atomic E-state index is 0.291. The molecule has 5 heteroatoms. The highest BCUT2D eigenvalue weighted by Crippen LogP contribution is 2.53. The maximum Gasteiger partial charge on any atom is 0.341 e. The van der Waals surface area contributed by atoms with Crippen molar-refractivity contribution >= 4 is 8.45 Å². The molecule has 0 aromatic carbocycles. The molecule has 0 aromatic rings. The molecule has 1 N–H and O–H groups in total. The third-order valence-electron chi connectivity index (χ3n) is 3.97. The van der Waals surface area contributed by atoms with Crippen molar-refractivity contribution in [2.45, 2.75) is 86.0 Å². The average Bonchev–Trinajstić information content (AvgIpc) is 2.27. The molecule has 20 heavy (non-hydrogen) atoms. The summed E-state index contributed by atoms with van der Waals surface area (Å²) in [6.45, 7) is 17.9. The van der Waals surface area contributed by atoms with E-state index in [-0.39, 0.29) is 0 Å². The smallest absolute Gasteiger partial charge is 0.313 e. The molecule has 4 nitrogen and oxygen atoms in total. The van der Waals surface area contributed by atoms with E-state index < -0.39 is 8.45 Å². The maximum absolute atomic E-state index is 11.2. The molecule has 0 aliphatic carbocycles. The van der Waals surface area contributed by atoms with E-state index in [4.69, 9.17) is 5.26 Å². The highest BCUT2D eigenvalue weighted by Gasteiger charge is 2.48. The lowest BCUT2D eigenvalue weighted by molar-refractivity contribution is -0.859. The largest absolute Gasteiger partial charge is 0.341 e. The zero-order valence-corrected chi connectivity index (χ0v) is 15.4. The van der Waals surface area contributed by atoms with Gasteiger partial charge in [0.15, 0.2) is 0 Å². The second kappa shape index (κ2) is 8.29. The van der Waals surface area contributed by atoms with E-state index >= 15 is 0 Å². The third kappa shape index (κ3) is 4.15. The Morgan fingerprint density at radius 1 is 1.00 bits per heavy atom. The van der Waals surface area contributed by atoms with Crippen LogP contribution in [0.3, 0.4) is 0 Å². The topological polar surface area (TPSA) is 47.3 Å². The minimum atomic E-state index is -1.34. The first-order chi connectivity index (χ1) is 9.12. The summed E-state index contributed by atoms with van der Waals surface area (Å²) in [6.07, 6.45) is 0.486. The van der Waals surface area contributed by atoms with Crippen molar-refractivity contribution in [2.24, 2.45) is 0 Å². The lowest BCUT2D eigenvalue weighted by atomic mass is 10.2. The lowest BCUT2D eigenvalue weighted by Gasteiger charge is -2.51. The van der Waals surface area contributed by atoms with Gasteiger partial charge in [-0.1, -0.05) is 0 Å². The second-order valence-electron chi connectivity index (χ2n) is 6.54. The normalized spacial score (nSPS) is 14.7. The molecule has 0 rings (SSSR count). The Labute approximate surface area is 126 Å². The minimum Gasteiger partial charge on any atom is -0.313 e. The highest BCUT2D eigenvalue weighted by atomic mass is 31.2. The number of rotatable bonds is 8. The molecule has 0 heterocycles. The van der Waals surface area contributed by atoms with E-state index in [9.17, 15) is 4.89 Å². The number of nitrogens with zero attached hydrogens (tertiary/aromatic N) is 3. The van der Waals surface area contributed by atoms with Crippen LogP contribution in [0.5, 0.6) is 0 Å². The Morgan fingerprint density at radius 3 is 1.65 bits per heavy atom. The molecule has 118 valence electrons. The third-order valence-corrected chi connectivity index (χ3v) is 7.09. The van der Waals surface area contributed by atoms with Gasteiger partial charge in [0.05, 0.1) is 31.1 Å². The first-order valence-corrected chi connectivity index (χ1v) is 8.84. The number of hydrogen-bond donors (Lipinski definition) is 1. The molecule has 0 saturated heterocycles. The van der Waals surface area contributed by atoms with Crippen molar-refractivity contribution in [1.82, 2.24) is 4.67 Å². The summed E-state index contributed by atoms with van der Waals surface area (Å²) in [6, 6.07) is 3.42. The van der Waals surface area contributed by atoms with Gasteiger partial charge in [-0.25, -0.2) is 4.67 Å². The van der Waals surface area contributed by atoms with Crippen LogP contribution < -0.4 is 0 Å².